The number of hydrogen-bond acceptors (Lipinski definition) is 0. The van der Waals surface area contributed by atoms with Crippen molar-refractivity contribution in [3.8, 4) is 11.1 Å². The molecular formula is C21H25Hf-. The van der Waals surface area contributed by atoms with Crippen molar-refractivity contribution in [3.05, 3.63) is 58.7 Å². The summed E-state index contributed by atoms with van der Waals surface area (Å²) in [4.78, 5) is 0. The molecule has 0 amide bonds. The Kier molecular flexibility index (Phi) is 4.61. The van der Waals surface area contributed by atoms with Crippen LogP contribution in [-0.2, 0) is 43.1 Å². The minimum atomic E-state index is 0. The summed E-state index contributed by atoms with van der Waals surface area (Å²) in [5, 5.41) is 0. The number of hydrogen-bond donors (Lipinski definition) is 0. The monoisotopic (exact) mass is 457 g/mol. The van der Waals surface area contributed by atoms with Crippen molar-refractivity contribution in [1.29, 1.82) is 0 Å². The molecule has 1 aliphatic rings. The van der Waals surface area contributed by atoms with Gasteiger partial charge in [0.05, 0.1) is 0 Å². The number of rotatable bonds is 0. The fourth-order valence-corrected chi connectivity index (χ4v) is 3.03. The Hall–Kier alpha value is -0.690. The molecule has 0 bridgehead atoms. The van der Waals surface area contributed by atoms with E-state index in [0.717, 1.165) is 6.42 Å². The van der Waals surface area contributed by atoms with Crippen molar-refractivity contribution in [2.24, 2.45) is 0 Å². The van der Waals surface area contributed by atoms with Gasteiger partial charge in [0.2, 0.25) is 0 Å². The molecule has 114 valence electrons. The number of benzene rings is 2. The summed E-state index contributed by atoms with van der Waals surface area (Å²) in [5.41, 5.74) is 8.70. The van der Waals surface area contributed by atoms with E-state index in [1.54, 1.807) is 0 Å². The summed E-state index contributed by atoms with van der Waals surface area (Å²) in [6.07, 6.45) is 1.03. The van der Waals surface area contributed by atoms with Gasteiger partial charge >= 0.3 is 0 Å². The molecule has 0 heterocycles. The minimum absolute atomic E-state index is 0. The van der Waals surface area contributed by atoms with Gasteiger partial charge < -0.3 is 0 Å². The molecule has 22 heavy (non-hydrogen) atoms. The second-order valence-corrected chi connectivity index (χ2v) is 8.31. The molecule has 0 radical (unpaired) electrons. The summed E-state index contributed by atoms with van der Waals surface area (Å²) in [5.74, 6) is 0. The molecule has 3 rings (SSSR count). The first kappa shape index (κ1) is 17.7. The zero-order valence-corrected chi connectivity index (χ0v) is 18.2. The maximum absolute atomic E-state index is 3.67. The summed E-state index contributed by atoms with van der Waals surface area (Å²) >= 11 is 0. The van der Waals surface area contributed by atoms with Gasteiger partial charge in [-0.05, 0) is 28.4 Å². The molecule has 0 saturated heterocycles. The van der Waals surface area contributed by atoms with Gasteiger partial charge in [-0.3, -0.25) is 0 Å². The maximum Gasteiger partial charge on any atom is 0 e. The Morgan fingerprint density at radius 3 is 2.05 bits per heavy atom. The third-order valence-corrected chi connectivity index (χ3v) is 4.46. The van der Waals surface area contributed by atoms with Crippen LogP contribution in [0, 0.1) is 6.07 Å². The van der Waals surface area contributed by atoms with Crippen LogP contribution in [0.3, 0.4) is 0 Å². The standard InChI is InChI=1S/C21H25.Hf/c1-20(2,3)16-7-9-18-14(12-16)11-15-13-17(21(4,5)6)8-10-19(15)18;/h7-10,12H,11H2,1-6H3;/q-1;. The van der Waals surface area contributed by atoms with Gasteiger partial charge in [0.1, 0.15) is 0 Å². The van der Waals surface area contributed by atoms with Crippen LogP contribution in [-0.4, -0.2) is 0 Å². The van der Waals surface area contributed by atoms with Gasteiger partial charge in [0, 0.05) is 25.8 Å². The van der Waals surface area contributed by atoms with Crippen molar-refractivity contribution in [3.63, 3.8) is 0 Å². The van der Waals surface area contributed by atoms with E-state index >= 15 is 0 Å². The van der Waals surface area contributed by atoms with Crippen LogP contribution in [0.5, 0.6) is 0 Å². The largest absolute Gasteiger partial charge is 0.175 e. The maximum atomic E-state index is 3.67. The first-order valence-corrected chi connectivity index (χ1v) is 7.86. The van der Waals surface area contributed by atoms with E-state index < -0.39 is 0 Å². The fourth-order valence-electron chi connectivity index (χ4n) is 3.03. The molecule has 2 aromatic carbocycles. The molecule has 0 atom stereocenters. The van der Waals surface area contributed by atoms with E-state index in [0.29, 0.717) is 0 Å². The minimum Gasteiger partial charge on any atom is -0.175 e. The van der Waals surface area contributed by atoms with Gasteiger partial charge in [0.15, 0.2) is 0 Å². The predicted octanol–water partition coefficient (Wildman–Crippen LogP) is 5.65. The summed E-state index contributed by atoms with van der Waals surface area (Å²) in [7, 11) is 0. The zero-order chi connectivity index (χ0) is 15.4. The van der Waals surface area contributed by atoms with Gasteiger partial charge in [0.25, 0.3) is 0 Å². The van der Waals surface area contributed by atoms with E-state index in [-0.39, 0.29) is 36.7 Å². The van der Waals surface area contributed by atoms with Crippen molar-refractivity contribution < 1.29 is 25.8 Å². The molecule has 1 aliphatic carbocycles. The summed E-state index contributed by atoms with van der Waals surface area (Å²) < 4.78 is 0. The topological polar surface area (TPSA) is 0 Å². The average molecular weight is 456 g/mol. The molecule has 2 aromatic rings. The quantitative estimate of drug-likeness (QED) is 0.303. The van der Waals surface area contributed by atoms with Crippen LogP contribution in [0.4, 0.5) is 0 Å². The van der Waals surface area contributed by atoms with Crippen LogP contribution in [0.1, 0.15) is 63.8 Å². The average Bonchev–Trinajstić information content (AvgIpc) is 2.73. The Labute approximate surface area is 154 Å². The van der Waals surface area contributed by atoms with Crippen molar-refractivity contribution in [2.75, 3.05) is 0 Å². The molecule has 0 nitrogen and oxygen atoms in total. The SMILES string of the molecule is CC(C)(C)c1[c-]c2c(cc1)-c1ccc(C(C)(C)C)cc1C2.[Hf]. The Morgan fingerprint density at radius 2 is 1.45 bits per heavy atom. The van der Waals surface area contributed by atoms with Crippen LogP contribution < -0.4 is 0 Å². The van der Waals surface area contributed by atoms with Gasteiger partial charge in [-0.15, -0.1) is 11.1 Å². The van der Waals surface area contributed by atoms with Crippen molar-refractivity contribution in [1.82, 2.24) is 0 Å². The van der Waals surface area contributed by atoms with E-state index in [1.165, 1.54) is 33.4 Å². The normalized spacial score (nSPS) is 13.4. The molecule has 0 fully saturated rings. The van der Waals surface area contributed by atoms with Crippen molar-refractivity contribution >= 4 is 0 Å². The van der Waals surface area contributed by atoms with E-state index in [2.05, 4.69) is 77.9 Å². The second-order valence-electron chi connectivity index (χ2n) is 8.31. The molecule has 0 aliphatic heterocycles. The van der Waals surface area contributed by atoms with Gasteiger partial charge in [-0.25, -0.2) is 0 Å². The molecule has 0 saturated carbocycles. The third-order valence-electron chi connectivity index (χ3n) is 4.46. The Morgan fingerprint density at radius 1 is 0.818 bits per heavy atom. The summed E-state index contributed by atoms with van der Waals surface area (Å²) in [6.45, 7) is 13.6. The predicted molar refractivity (Wildman–Crippen MR) is 90.9 cm³/mol. The molecule has 1 heteroatoms. The Bertz CT molecular complexity index is 635. The third kappa shape index (κ3) is 3.15. The zero-order valence-electron chi connectivity index (χ0n) is 14.6. The smallest absolute Gasteiger partial charge is 0 e. The molecular weight excluding hydrogens is 431 g/mol. The Balaban J connectivity index is 0.00000176. The van der Waals surface area contributed by atoms with Gasteiger partial charge in [-0.2, -0.15) is 23.8 Å². The molecule has 0 aromatic heterocycles. The molecule has 0 N–H and O–H groups in total. The fraction of sp³-hybridized carbons (Fsp3) is 0.429. The van der Waals surface area contributed by atoms with Crippen molar-refractivity contribution in [2.45, 2.75) is 58.8 Å². The van der Waals surface area contributed by atoms with E-state index in [1.807, 2.05) is 0 Å². The van der Waals surface area contributed by atoms with Crippen LogP contribution >= 0.6 is 0 Å². The molecule has 0 spiro atoms. The first-order valence-electron chi connectivity index (χ1n) is 7.86. The van der Waals surface area contributed by atoms with Crippen LogP contribution in [0.15, 0.2) is 30.3 Å². The molecule has 0 unspecified atom stereocenters. The number of fused-ring (bicyclic) bond motifs is 3. The van der Waals surface area contributed by atoms with E-state index in [4.69, 9.17) is 0 Å². The van der Waals surface area contributed by atoms with E-state index in [9.17, 15) is 0 Å². The summed E-state index contributed by atoms with van der Waals surface area (Å²) in [6, 6.07) is 15.2. The van der Waals surface area contributed by atoms with Gasteiger partial charge in [-0.1, -0.05) is 65.3 Å². The van der Waals surface area contributed by atoms with Crippen LogP contribution in [0.2, 0.25) is 0 Å². The second kappa shape index (κ2) is 5.74. The van der Waals surface area contributed by atoms with Crippen LogP contribution in [0.25, 0.3) is 11.1 Å². The first-order chi connectivity index (χ1) is 9.66.